The van der Waals surface area contributed by atoms with E-state index in [2.05, 4.69) is 10.6 Å². The molecule has 2 amide bonds. The van der Waals surface area contributed by atoms with Crippen LogP contribution < -0.4 is 20.3 Å². The SMILES string of the molecule is CCOC(=O)C(=N)/C(CCN(C=O)c1ccc(NC(=O)CCCCCl)cc1)=C(/C)Nc1ccc(OC)cc1. The van der Waals surface area contributed by atoms with Crippen LogP contribution in [-0.2, 0) is 19.1 Å². The van der Waals surface area contributed by atoms with Crippen molar-refractivity contribution in [3.63, 3.8) is 0 Å². The summed E-state index contributed by atoms with van der Waals surface area (Å²) in [5.41, 5.74) is 2.73. The van der Waals surface area contributed by atoms with E-state index in [1.54, 1.807) is 57.4 Å². The van der Waals surface area contributed by atoms with Gasteiger partial charge in [-0.25, -0.2) is 4.79 Å². The fourth-order valence-electron chi connectivity index (χ4n) is 3.61. The van der Waals surface area contributed by atoms with E-state index in [0.29, 0.717) is 47.1 Å². The van der Waals surface area contributed by atoms with Crippen LogP contribution >= 0.6 is 11.6 Å². The van der Waals surface area contributed by atoms with Crippen LogP contribution in [0.15, 0.2) is 59.8 Å². The van der Waals surface area contributed by atoms with E-state index >= 15 is 0 Å². The quantitative estimate of drug-likeness (QED) is 0.0862. The van der Waals surface area contributed by atoms with Crippen LogP contribution in [0.2, 0.25) is 0 Å². The highest BCUT2D eigenvalue weighted by Gasteiger charge is 2.20. The summed E-state index contributed by atoms with van der Waals surface area (Å²) in [5, 5.41) is 14.5. The third-order valence-corrected chi connectivity index (χ3v) is 5.92. The Kier molecular flexibility index (Phi) is 12.9. The maximum absolute atomic E-state index is 12.4. The standard InChI is InChI=1S/C28H35ClN4O5/c1-4-38-28(36)27(30)25(20(2)31-21-10-14-24(37-3)15-11-21)16-18-33(19-34)23-12-8-22(9-13-23)32-26(35)7-5-6-17-29/h8-15,19,30-31H,4-7,16-18H2,1-3H3,(H,32,35)/b25-20-,30-27?. The molecule has 2 rings (SSSR count). The fourth-order valence-corrected chi connectivity index (χ4v) is 3.80. The Labute approximate surface area is 228 Å². The Hall–Kier alpha value is -3.85. The second kappa shape index (κ2) is 16.1. The van der Waals surface area contributed by atoms with E-state index < -0.39 is 5.97 Å². The Morgan fingerprint density at radius 3 is 2.21 bits per heavy atom. The normalized spacial score (nSPS) is 11.2. The lowest BCUT2D eigenvalue weighted by atomic mass is 10.0. The number of ether oxygens (including phenoxy) is 2. The van der Waals surface area contributed by atoms with Gasteiger partial charge in [0.05, 0.1) is 13.7 Å². The van der Waals surface area contributed by atoms with E-state index in [-0.39, 0.29) is 31.2 Å². The zero-order valence-electron chi connectivity index (χ0n) is 22.0. The van der Waals surface area contributed by atoms with Gasteiger partial charge in [0.15, 0.2) is 0 Å². The van der Waals surface area contributed by atoms with Crippen molar-refractivity contribution in [1.82, 2.24) is 0 Å². The number of methoxy groups -OCH3 is 1. The Balaban J connectivity index is 2.15. The van der Waals surface area contributed by atoms with E-state index in [4.69, 9.17) is 26.5 Å². The maximum atomic E-state index is 12.4. The van der Waals surface area contributed by atoms with Crippen molar-refractivity contribution in [2.45, 2.75) is 39.5 Å². The summed E-state index contributed by atoms with van der Waals surface area (Å²) in [5.74, 6) is 0.399. The highest BCUT2D eigenvalue weighted by molar-refractivity contribution is 6.42. The molecule has 2 aromatic carbocycles. The average Bonchev–Trinajstić information content (AvgIpc) is 2.92. The number of allylic oxidation sites excluding steroid dienone is 1. The molecule has 9 nitrogen and oxygen atoms in total. The highest BCUT2D eigenvalue weighted by atomic mass is 35.5. The lowest BCUT2D eigenvalue weighted by Crippen LogP contribution is -2.27. The molecular weight excluding hydrogens is 508 g/mol. The second-order valence-electron chi connectivity index (χ2n) is 8.34. The number of amides is 2. The van der Waals surface area contributed by atoms with Crippen molar-refractivity contribution in [2.75, 3.05) is 41.7 Å². The largest absolute Gasteiger partial charge is 0.497 e. The van der Waals surface area contributed by atoms with E-state index in [1.807, 2.05) is 12.1 Å². The first-order valence-corrected chi connectivity index (χ1v) is 12.9. The minimum Gasteiger partial charge on any atom is -0.497 e. The van der Waals surface area contributed by atoms with Crippen molar-refractivity contribution in [1.29, 1.82) is 5.41 Å². The minimum absolute atomic E-state index is 0.0952. The first-order chi connectivity index (χ1) is 18.3. The minimum atomic E-state index is -0.734. The molecule has 0 saturated carbocycles. The molecule has 0 atom stereocenters. The number of alkyl halides is 1. The molecule has 38 heavy (non-hydrogen) atoms. The topological polar surface area (TPSA) is 121 Å². The van der Waals surface area contributed by atoms with Crippen LogP contribution in [0.4, 0.5) is 17.1 Å². The van der Waals surface area contributed by atoms with Gasteiger partial charge in [-0.15, -0.1) is 11.6 Å². The first kappa shape index (κ1) is 30.4. The molecule has 0 radical (unpaired) electrons. The molecular formula is C28H35ClN4O5. The van der Waals surface area contributed by atoms with Gasteiger partial charge in [0.2, 0.25) is 12.3 Å². The van der Waals surface area contributed by atoms with Gasteiger partial charge in [-0.05, 0) is 81.6 Å². The van der Waals surface area contributed by atoms with Crippen LogP contribution in [-0.4, -0.2) is 50.1 Å². The number of halogens is 1. The van der Waals surface area contributed by atoms with Crippen molar-refractivity contribution in [2.24, 2.45) is 0 Å². The number of carbonyl (C=O) groups is 3. The molecule has 0 bridgehead atoms. The number of esters is 1. The van der Waals surface area contributed by atoms with Crippen LogP contribution in [0.5, 0.6) is 5.75 Å². The lowest BCUT2D eigenvalue weighted by Gasteiger charge is -2.21. The number of benzene rings is 2. The third-order valence-electron chi connectivity index (χ3n) is 5.66. The number of nitrogens with zero attached hydrogens (tertiary/aromatic N) is 1. The predicted molar refractivity (Wildman–Crippen MR) is 151 cm³/mol. The third kappa shape index (κ3) is 9.55. The molecule has 0 saturated heterocycles. The van der Waals surface area contributed by atoms with Gasteiger partial charge >= 0.3 is 5.97 Å². The number of carbonyl (C=O) groups excluding carboxylic acids is 3. The van der Waals surface area contributed by atoms with E-state index in [0.717, 1.165) is 18.5 Å². The molecule has 10 heteroatoms. The number of hydrogen-bond acceptors (Lipinski definition) is 7. The smallest absolute Gasteiger partial charge is 0.356 e. The van der Waals surface area contributed by atoms with Gasteiger partial charge in [0.1, 0.15) is 11.5 Å². The fraction of sp³-hybridized carbons (Fsp3) is 0.357. The average molecular weight is 543 g/mol. The highest BCUT2D eigenvalue weighted by Crippen LogP contribution is 2.22. The summed E-state index contributed by atoms with van der Waals surface area (Å²) < 4.78 is 10.2. The summed E-state index contributed by atoms with van der Waals surface area (Å²) in [7, 11) is 1.58. The Bertz CT molecular complexity index is 1120. The van der Waals surface area contributed by atoms with Crippen molar-refractivity contribution in [3.8, 4) is 5.75 Å². The summed E-state index contributed by atoms with van der Waals surface area (Å²) in [6, 6.07) is 14.1. The monoisotopic (exact) mass is 542 g/mol. The summed E-state index contributed by atoms with van der Waals surface area (Å²) in [6.07, 6.45) is 2.81. The van der Waals surface area contributed by atoms with Crippen LogP contribution in [0, 0.1) is 5.41 Å². The van der Waals surface area contributed by atoms with Crippen LogP contribution in [0.1, 0.15) is 39.5 Å². The zero-order valence-corrected chi connectivity index (χ0v) is 22.8. The van der Waals surface area contributed by atoms with Crippen molar-refractivity contribution >= 4 is 52.7 Å². The molecule has 0 heterocycles. The second-order valence-corrected chi connectivity index (χ2v) is 8.72. The molecule has 0 aromatic heterocycles. The summed E-state index contributed by atoms with van der Waals surface area (Å²) in [4.78, 5) is 37.8. The first-order valence-electron chi connectivity index (χ1n) is 12.4. The van der Waals surface area contributed by atoms with Gasteiger partial charge in [0.25, 0.3) is 0 Å². The molecule has 0 aliphatic carbocycles. The van der Waals surface area contributed by atoms with Gasteiger partial charge in [-0.1, -0.05) is 0 Å². The van der Waals surface area contributed by atoms with Gasteiger partial charge < -0.3 is 25.0 Å². The molecule has 0 spiro atoms. The molecule has 0 fully saturated rings. The zero-order chi connectivity index (χ0) is 27.9. The summed E-state index contributed by atoms with van der Waals surface area (Å²) >= 11 is 5.65. The van der Waals surface area contributed by atoms with E-state index in [1.165, 1.54) is 4.90 Å². The maximum Gasteiger partial charge on any atom is 0.356 e. The number of unbranched alkanes of at least 4 members (excludes halogenated alkanes) is 1. The number of hydrogen-bond donors (Lipinski definition) is 3. The van der Waals surface area contributed by atoms with Crippen LogP contribution in [0.3, 0.4) is 0 Å². The van der Waals surface area contributed by atoms with E-state index in [9.17, 15) is 14.4 Å². The molecule has 0 unspecified atom stereocenters. The van der Waals surface area contributed by atoms with Crippen LogP contribution in [0.25, 0.3) is 0 Å². The van der Waals surface area contributed by atoms with Gasteiger partial charge in [0, 0.05) is 47.2 Å². The number of anilines is 3. The Morgan fingerprint density at radius 2 is 1.63 bits per heavy atom. The van der Waals surface area contributed by atoms with Crippen molar-refractivity contribution in [3.05, 3.63) is 59.8 Å². The van der Waals surface area contributed by atoms with Gasteiger partial charge in [-0.3, -0.25) is 15.0 Å². The van der Waals surface area contributed by atoms with Gasteiger partial charge in [-0.2, -0.15) is 0 Å². The summed E-state index contributed by atoms with van der Waals surface area (Å²) in [6.45, 7) is 3.81. The number of rotatable bonds is 16. The molecule has 2 aromatic rings. The molecule has 0 aliphatic heterocycles. The molecule has 3 N–H and O–H groups in total. The Morgan fingerprint density at radius 1 is 1.00 bits per heavy atom. The molecule has 0 aliphatic rings. The molecule has 204 valence electrons. The van der Waals surface area contributed by atoms with Crippen molar-refractivity contribution < 1.29 is 23.9 Å². The predicted octanol–water partition coefficient (Wildman–Crippen LogP) is 5.36. The lowest BCUT2D eigenvalue weighted by molar-refractivity contribution is -0.135. The number of nitrogens with one attached hydrogen (secondary N) is 3.